The Balaban J connectivity index is 1.90. The number of rotatable bonds is 2. The third-order valence-electron chi connectivity index (χ3n) is 4.93. The number of pyridine rings is 1. The Morgan fingerprint density at radius 3 is 2.58 bits per heavy atom. The first-order valence-corrected chi connectivity index (χ1v) is 8.60. The van der Waals surface area contributed by atoms with E-state index in [0.717, 1.165) is 43.9 Å². The van der Waals surface area contributed by atoms with Crippen LogP contribution in [0.15, 0.2) is 42.6 Å². The molecule has 4 aromatic rings. The van der Waals surface area contributed by atoms with Crippen LogP contribution in [0.5, 0.6) is 23.0 Å². The summed E-state index contributed by atoms with van der Waals surface area (Å²) >= 11 is 0. The van der Waals surface area contributed by atoms with E-state index in [9.17, 15) is 5.11 Å². The van der Waals surface area contributed by atoms with Crippen LogP contribution >= 0.6 is 0 Å². The molecule has 26 heavy (non-hydrogen) atoms. The molecule has 0 aliphatic carbocycles. The van der Waals surface area contributed by atoms with Crippen molar-refractivity contribution in [2.75, 3.05) is 13.4 Å². The molecule has 0 bridgehead atoms. The monoisotopic (exact) mass is 348 g/mol. The summed E-state index contributed by atoms with van der Waals surface area (Å²) in [7, 11) is 1.98. The first kappa shape index (κ1) is 15.1. The number of ether oxygens (including phenoxy) is 3. The highest BCUT2D eigenvalue weighted by Gasteiger charge is 2.21. The molecule has 5 rings (SSSR count). The van der Waals surface area contributed by atoms with E-state index in [4.69, 9.17) is 14.2 Å². The van der Waals surface area contributed by atoms with E-state index in [1.807, 2.05) is 49.0 Å². The van der Waals surface area contributed by atoms with E-state index in [1.165, 1.54) is 0 Å². The van der Waals surface area contributed by atoms with Gasteiger partial charge >= 0.3 is 0 Å². The molecule has 0 amide bonds. The number of nitrogens with zero attached hydrogens (tertiary/aromatic N) is 1. The van der Waals surface area contributed by atoms with Crippen molar-refractivity contribution in [1.29, 1.82) is 0 Å². The van der Waals surface area contributed by atoms with Crippen LogP contribution in [0.2, 0.25) is 0 Å². The lowest BCUT2D eigenvalue weighted by atomic mass is 10.00. The quantitative estimate of drug-likeness (QED) is 0.442. The lowest BCUT2D eigenvalue weighted by molar-refractivity contribution is -0.642. The molecule has 1 aliphatic heterocycles. The van der Waals surface area contributed by atoms with Gasteiger partial charge in [0.2, 0.25) is 12.3 Å². The zero-order valence-electron chi connectivity index (χ0n) is 14.6. The van der Waals surface area contributed by atoms with Crippen molar-refractivity contribution in [2.24, 2.45) is 7.05 Å². The Morgan fingerprint density at radius 2 is 1.77 bits per heavy atom. The number of hydrogen-bond acceptors (Lipinski definition) is 4. The van der Waals surface area contributed by atoms with Crippen molar-refractivity contribution in [2.45, 2.75) is 6.92 Å². The Kier molecular flexibility index (Phi) is 3.13. The van der Waals surface area contributed by atoms with Gasteiger partial charge in [-0.1, -0.05) is 6.07 Å². The van der Waals surface area contributed by atoms with Gasteiger partial charge in [0.25, 0.3) is 0 Å². The topological polar surface area (TPSA) is 51.8 Å². The standard InChI is InChI=1S/C21H17NO4/c1-3-24-17-7-6-13-14-5-4-12-8-18-19(26-11-25-18)9-15(12)20(14)22(2)10-16(13)21(17)23/h4-10H,3,11H2,1-2H3/p+1. The molecule has 5 nitrogen and oxygen atoms in total. The average molecular weight is 348 g/mol. The van der Waals surface area contributed by atoms with Crippen molar-refractivity contribution >= 4 is 32.4 Å². The molecule has 0 fully saturated rings. The van der Waals surface area contributed by atoms with Crippen LogP contribution in [0.25, 0.3) is 32.4 Å². The molecule has 1 N–H and O–H groups in total. The number of phenolic OH excluding ortho intramolecular Hbond substituents is 1. The van der Waals surface area contributed by atoms with Crippen molar-refractivity contribution in [3.8, 4) is 23.0 Å². The first-order valence-electron chi connectivity index (χ1n) is 8.60. The number of aromatic hydroxyl groups is 1. The van der Waals surface area contributed by atoms with Crippen molar-refractivity contribution < 1.29 is 23.9 Å². The summed E-state index contributed by atoms with van der Waals surface area (Å²) in [5.74, 6) is 2.22. The maximum atomic E-state index is 10.6. The van der Waals surface area contributed by atoms with Crippen LogP contribution < -0.4 is 18.8 Å². The molecule has 1 aliphatic rings. The summed E-state index contributed by atoms with van der Waals surface area (Å²) in [5, 5.41) is 15.6. The van der Waals surface area contributed by atoms with Gasteiger partial charge in [-0.25, -0.2) is 0 Å². The molecule has 0 unspecified atom stereocenters. The fraction of sp³-hybridized carbons (Fsp3) is 0.190. The molecule has 1 aromatic heterocycles. The van der Waals surface area contributed by atoms with E-state index in [0.29, 0.717) is 12.4 Å². The van der Waals surface area contributed by atoms with Crippen molar-refractivity contribution in [3.05, 3.63) is 42.6 Å². The Labute approximate surface area is 149 Å². The smallest absolute Gasteiger partial charge is 0.231 e. The third kappa shape index (κ3) is 2.00. The minimum Gasteiger partial charge on any atom is -0.504 e. The highest BCUT2D eigenvalue weighted by molar-refractivity contribution is 6.15. The zero-order chi connectivity index (χ0) is 17.8. The van der Waals surface area contributed by atoms with Crippen molar-refractivity contribution in [1.82, 2.24) is 0 Å². The number of aromatic nitrogens is 1. The lowest BCUT2D eigenvalue weighted by Crippen LogP contribution is -2.28. The van der Waals surface area contributed by atoms with Crippen LogP contribution in [0.1, 0.15) is 6.92 Å². The molecular weight excluding hydrogens is 330 g/mol. The minimum absolute atomic E-state index is 0.174. The van der Waals surface area contributed by atoms with Gasteiger partial charge in [0.15, 0.2) is 29.2 Å². The van der Waals surface area contributed by atoms with Gasteiger partial charge in [-0.2, -0.15) is 4.57 Å². The fourth-order valence-corrected chi connectivity index (χ4v) is 3.78. The molecule has 5 heteroatoms. The molecule has 2 heterocycles. The van der Waals surface area contributed by atoms with Gasteiger partial charge in [0.05, 0.1) is 22.8 Å². The van der Waals surface area contributed by atoms with E-state index >= 15 is 0 Å². The van der Waals surface area contributed by atoms with Gasteiger partial charge in [-0.3, -0.25) is 0 Å². The van der Waals surface area contributed by atoms with Crippen LogP contribution in [-0.4, -0.2) is 18.5 Å². The summed E-state index contributed by atoms with van der Waals surface area (Å²) in [5.41, 5.74) is 1.08. The Bertz CT molecular complexity index is 1200. The molecular formula is C21H18NO4+. The first-order chi connectivity index (χ1) is 12.7. The van der Waals surface area contributed by atoms with E-state index in [2.05, 4.69) is 12.1 Å². The summed E-state index contributed by atoms with van der Waals surface area (Å²) < 4.78 is 18.6. The molecule has 0 saturated heterocycles. The SMILES string of the molecule is CCOc1ccc2c(c[n+](C)c3c4cc5c(cc4ccc23)OCO5)c1O. The second-order valence-electron chi connectivity index (χ2n) is 6.43. The molecule has 0 saturated carbocycles. The maximum absolute atomic E-state index is 10.6. The van der Waals surface area contributed by atoms with E-state index in [-0.39, 0.29) is 12.5 Å². The summed E-state index contributed by atoms with van der Waals surface area (Å²) in [6.45, 7) is 2.67. The summed E-state index contributed by atoms with van der Waals surface area (Å²) in [6, 6.07) is 12.0. The average Bonchev–Trinajstić information content (AvgIpc) is 3.09. The Hall–Kier alpha value is -3.21. The molecule has 3 aromatic carbocycles. The van der Waals surface area contributed by atoms with E-state index in [1.54, 1.807) is 0 Å². The molecule has 130 valence electrons. The number of fused-ring (bicyclic) bond motifs is 6. The number of hydrogen-bond donors (Lipinski definition) is 1. The van der Waals surface area contributed by atoms with Crippen molar-refractivity contribution in [3.63, 3.8) is 0 Å². The maximum Gasteiger partial charge on any atom is 0.231 e. The van der Waals surface area contributed by atoms with Crippen LogP contribution in [0.4, 0.5) is 0 Å². The fourth-order valence-electron chi connectivity index (χ4n) is 3.78. The largest absolute Gasteiger partial charge is 0.504 e. The van der Waals surface area contributed by atoms with Gasteiger partial charge in [0, 0.05) is 5.39 Å². The molecule has 0 atom stereocenters. The highest BCUT2D eigenvalue weighted by Crippen LogP contribution is 2.41. The predicted molar refractivity (Wildman–Crippen MR) is 99.1 cm³/mol. The highest BCUT2D eigenvalue weighted by atomic mass is 16.7. The van der Waals surface area contributed by atoms with E-state index < -0.39 is 0 Å². The van der Waals surface area contributed by atoms with Crippen LogP contribution in [-0.2, 0) is 7.05 Å². The van der Waals surface area contributed by atoms with Crippen LogP contribution in [0.3, 0.4) is 0 Å². The summed E-state index contributed by atoms with van der Waals surface area (Å²) in [6.07, 6.45) is 1.94. The minimum atomic E-state index is 0.174. The molecule has 0 spiro atoms. The van der Waals surface area contributed by atoms with Gasteiger partial charge in [-0.05, 0) is 42.6 Å². The van der Waals surface area contributed by atoms with Gasteiger partial charge in [0.1, 0.15) is 7.05 Å². The second kappa shape index (κ2) is 5.39. The summed E-state index contributed by atoms with van der Waals surface area (Å²) in [4.78, 5) is 0. The van der Waals surface area contributed by atoms with Gasteiger partial charge in [-0.15, -0.1) is 0 Å². The zero-order valence-corrected chi connectivity index (χ0v) is 14.6. The van der Waals surface area contributed by atoms with Crippen LogP contribution in [0, 0.1) is 0 Å². The third-order valence-corrected chi connectivity index (χ3v) is 4.93. The Morgan fingerprint density at radius 1 is 1.00 bits per heavy atom. The number of benzene rings is 3. The normalized spacial score (nSPS) is 13.0. The lowest BCUT2D eigenvalue weighted by Gasteiger charge is -2.10. The van der Waals surface area contributed by atoms with Gasteiger partial charge < -0.3 is 19.3 Å². The number of phenols is 1. The predicted octanol–water partition coefficient (Wildman–Crippen LogP) is 3.80. The number of aryl methyl sites for hydroxylation is 1. The second-order valence-corrected chi connectivity index (χ2v) is 6.43. The molecule has 0 radical (unpaired) electrons.